The topological polar surface area (TPSA) is 34.4 Å². The first kappa shape index (κ1) is 14.4. The third-order valence-corrected chi connectivity index (χ3v) is 5.19. The molecule has 0 aromatic carbocycles. The average molecular weight is 326 g/mol. The number of fused-ring (bicyclic) bond motifs is 5. The Morgan fingerprint density at radius 3 is 2.28 bits per heavy atom. The minimum Gasteiger partial charge on any atom is -0.274 e. The van der Waals surface area contributed by atoms with Gasteiger partial charge in [0, 0.05) is 28.3 Å². The molecule has 2 atom stereocenters. The molecule has 0 saturated heterocycles. The molecule has 25 heavy (non-hydrogen) atoms. The van der Waals surface area contributed by atoms with Crippen LogP contribution in [-0.2, 0) is 0 Å². The van der Waals surface area contributed by atoms with Gasteiger partial charge in [-0.1, -0.05) is 56.4 Å². The van der Waals surface area contributed by atoms with Crippen LogP contribution in [0.25, 0.3) is 40.7 Å². The molecule has 3 nitrogen and oxygen atoms in total. The lowest BCUT2D eigenvalue weighted by Crippen LogP contribution is -2.18. The molecule has 0 aliphatic heterocycles. The first-order chi connectivity index (χ1) is 12.1. The van der Waals surface area contributed by atoms with Crippen molar-refractivity contribution in [3.63, 3.8) is 0 Å². The zero-order valence-corrected chi connectivity index (χ0v) is 14.2. The minimum atomic E-state index is 0.0318. The van der Waals surface area contributed by atoms with Gasteiger partial charge in [-0.15, -0.1) is 0 Å². The molecule has 0 radical (unpaired) electrons. The van der Waals surface area contributed by atoms with E-state index >= 15 is 0 Å². The van der Waals surface area contributed by atoms with Crippen LogP contribution >= 0.6 is 0 Å². The predicted octanol–water partition coefficient (Wildman–Crippen LogP) is 4.64. The molecular formula is C22H18N2O. The number of nitrogens with zero attached hydrogens (tertiary/aromatic N) is 2. The van der Waals surface area contributed by atoms with E-state index in [4.69, 9.17) is 0 Å². The predicted molar refractivity (Wildman–Crippen MR) is 105 cm³/mol. The number of rotatable bonds is 0. The van der Waals surface area contributed by atoms with Gasteiger partial charge in [0.2, 0.25) is 0 Å². The second-order valence-electron chi connectivity index (χ2n) is 6.98. The molecule has 0 spiro atoms. The van der Waals surface area contributed by atoms with Crippen LogP contribution in [0.2, 0.25) is 0 Å². The number of hydrogen-bond donors (Lipinski definition) is 0. The van der Waals surface area contributed by atoms with E-state index in [1.165, 1.54) is 0 Å². The van der Waals surface area contributed by atoms with Crippen molar-refractivity contribution in [2.24, 2.45) is 11.8 Å². The first-order valence-electron chi connectivity index (χ1n) is 8.70. The minimum absolute atomic E-state index is 0.0318. The van der Waals surface area contributed by atoms with Crippen LogP contribution in [0.15, 0.2) is 41.4 Å². The average Bonchev–Trinajstić information content (AvgIpc) is 2.73. The standard InChI is InChI=1S/C22H18N2O/c1-13-4-8-16-18(9-5-13)22(25)24-19-10-6-14(2)3-7-15(19)17-11-12-23-20(16)21(17)24/h3-14H,1-2H3. The summed E-state index contributed by atoms with van der Waals surface area (Å²) < 4.78 is 1.85. The maximum absolute atomic E-state index is 13.4. The zero-order chi connectivity index (χ0) is 17.1. The summed E-state index contributed by atoms with van der Waals surface area (Å²) >= 11 is 0. The Hall–Kier alpha value is -2.94. The van der Waals surface area contributed by atoms with Crippen molar-refractivity contribution in [2.75, 3.05) is 0 Å². The first-order valence-corrected chi connectivity index (χ1v) is 8.70. The molecule has 3 aromatic heterocycles. The van der Waals surface area contributed by atoms with Crippen molar-refractivity contribution in [1.29, 1.82) is 0 Å². The quantitative estimate of drug-likeness (QED) is 0.603. The van der Waals surface area contributed by atoms with E-state index in [0.29, 0.717) is 11.8 Å². The van der Waals surface area contributed by atoms with Crippen LogP contribution in [0.5, 0.6) is 0 Å². The molecular weight excluding hydrogens is 308 g/mol. The molecule has 0 fully saturated rings. The summed E-state index contributed by atoms with van der Waals surface area (Å²) in [5, 5.41) is 1.09. The summed E-state index contributed by atoms with van der Waals surface area (Å²) in [5.74, 6) is 0.657. The Morgan fingerprint density at radius 2 is 1.52 bits per heavy atom. The van der Waals surface area contributed by atoms with E-state index < -0.39 is 0 Å². The lowest BCUT2D eigenvalue weighted by atomic mass is 10.1. The lowest BCUT2D eigenvalue weighted by Gasteiger charge is -2.08. The molecule has 5 rings (SSSR count). The lowest BCUT2D eigenvalue weighted by molar-refractivity contribution is 0.952. The highest BCUT2D eigenvalue weighted by Gasteiger charge is 2.22. The smallest absolute Gasteiger partial charge is 0.263 e. The van der Waals surface area contributed by atoms with Gasteiger partial charge in [-0.3, -0.25) is 14.2 Å². The van der Waals surface area contributed by atoms with E-state index in [0.717, 1.165) is 38.8 Å². The van der Waals surface area contributed by atoms with Gasteiger partial charge in [-0.2, -0.15) is 0 Å². The van der Waals surface area contributed by atoms with Gasteiger partial charge < -0.3 is 0 Å². The van der Waals surface area contributed by atoms with E-state index in [1.54, 1.807) is 0 Å². The Kier molecular flexibility index (Phi) is 2.90. The van der Waals surface area contributed by atoms with Crippen LogP contribution in [0, 0.1) is 11.8 Å². The normalized spacial score (nSPS) is 21.5. The fourth-order valence-corrected chi connectivity index (χ4v) is 3.83. The number of aromatic nitrogens is 2. The van der Waals surface area contributed by atoms with Gasteiger partial charge >= 0.3 is 0 Å². The van der Waals surface area contributed by atoms with Crippen molar-refractivity contribution in [1.82, 2.24) is 9.38 Å². The summed E-state index contributed by atoms with van der Waals surface area (Å²) in [5.41, 5.74) is 5.56. The van der Waals surface area contributed by atoms with Gasteiger partial charge in [-0.25, -0.2) is 0 Å². The monoisotopic (exact) mass is 326 g/mol. The van der Waals surface area contributed by atoms with E-state index in [9.17, 15) is 4.79 Å². The van der Waals surface area contributed by atoms with Crippen molar-refractivity contribution < 1.29 is 0 Å². The molecule has 3 heterocycles. The van der Waals surface area contributed by atoms with Gasteiger partial charge in [-0.05, 0) is 24.0 Å². The fraction of sp³-hybridized carbons (Fsp3) is 0.182. The highest BCUT2D eigenvalue weighted by Crippen LogP contribution is 2.34. The molecule has 122 valence electrons. The number of allylic oxidation sites excluding steroid dienone is 4. The summed E-state index contributed by atoms with van der Waals surface area (Å²) in [6.07, 6.45) is 18.6. The molecule has 2 aliphatic rings. The molecule has 2 aliphatic carbocycles. The van der Waals surface area contributed by atoms with Crippen LogP contribution in [0.3, 0.4) is 0 Å². The molecule has 3 heteroatoms. The molecule has 2 unspecified atom stereocenters. The highest BCUT2D eigenvalue weighted by atomic mass is 16.1. The largest absolute Gasteiger partial charge is 0.274 e. The van der Waals surface area contributed by atoms with Crippen molar-refractivity contribution >= 4 is 40.7 Å². The van der Waals surface area contributed by atoms with Crippen LogP contribution in [0.1, 0.15) is 36.2 Å². The number of pyridine rings is 2. The molecule has 0 N–H and O–H groups in total. The van der Waals surface area contributed by atoms with E-state index in [-0.39, 0.29) is 5.56 Å². The Morgan fingerprint density at radius 1 is 0.880 bits per heavy atom. The van der Waals surface area contributed by atoms with Crippen molar-refractivity contribution in [2.45, 2.75) is 13.8 Å². The second-order valence-corrected chi connectivity index (χ2v) is 6.98. The van der Waals surface area contributed by atoms with Gasteiger partial charge in [0.1, 0.15) is 0 Å². The third-order valence-electron chi connectivity index (χ3n) is 5.19. The summed E-state index contributed by atoms with van der Waals surface area (Å²) in [7, 11) is 0. The maximum atomic E-state index is 13.4. The summed E-state index contributed by atoms with van der Waals surface area (Å²) in [6.45, 7) is 4.26. The van der Waals surface area contributed by atoms with Crippen molar-refractivity contribution in [3.8, 4) is 0 Å². The van der Waals surface area contributed by atoms with E-state index in [1.807, 2.05) is 22.7 Å². The maximum Gasteiger partial charge on any atom is 0.263 e. The molecule has 3 aromatic rings. The van der Waals surface area contributed by atoms with Crippen LogP contribution in [-0.4, -0.2) is 9.38 Å². The fourth-order valence-electron chi connectivity index (χ4n) is 3.83. The van der Waals surface area contributed by atoms with Gasteiger partial charge in [0.25, 0.3) is 5.56 Å². The van der Waals surface area contributed by atoms with Crippen molar-refractivity contribution in [3.05, 3.63) is 69.3 Å². The van der Waals surface area contributed by atoms with Gasteiger partial charge in [0.05, 0.1) is 16.7 Å². The van der Waals surface area contributed by atoms with Gasteiger partial charge in [0.15, 0.2) is 0 Å². The highest BCUT2D eigenvalue weighted by molar-refractivity contribution is 6.05. The summed E-state index contributed by atoms with van der Waals surface area (Å²) in [6, 6.07) is 2.01. The third kappa shape index (κ3) is 1.92. The SMILES string of the molecule is CC1C=Cc2c(c3nccc4c5c(n(c2=O)c43)C=CC(C)C=C5)C=C1. The second kappa shape index (κ2) is 5.03. The Bertz CT molecular complexity index is 1190. The Labute approximate surface area is 145 Å². The molecule has 0 amide bonds. The zero-order valence-electron chi connectivity index (χ0n) is 14.2. The Balaban J connectivity index is 2.04. The number of hydrogen-bond acceptors (Lipinski definition) is 2. The van der Waals surface area contributed by atoms with Crippen LogP contribution < -0.4 is 5.56 Å². The van der Waals surface area contributed by atoms with Crippen LogP contribution in [0.4, 0.5) is 0 Å². The summed E-state index contributed by atoms with van der Waals surface area (Å²) in [4.78, 5) is 18.0. The molecule has 0 bridgehead atoms. The molecule has 0 saturated carbocycles. The van der Waals surface area contributed by atoms with E-state index in [2.05, 4.69) is 61.4 Å².